The predicted molar refractivity (Wildman–Crippen MR) is 193 cm³/mol. The van der Waals surface area contributed by atoms with Crippen LogP contribution in [0.2, 0.25) is 0 Å². The highest BCUT2D eigenvalue weighted by Gasteiger charge is 2.26. The van der Waals surface area contributed by atoms with Gasteiger partial charge in [0.2, 0.25) is 9.84 Å². The van der Waals surface area contributed by atoms with Crippen LogP contribution in [0.3, 0.4) is 0 Å². The maximum Gasteiger partial charge on any atom is 0.435 e. The summed E-state index contributed by atoms with van der Waals surface area (Å²) < 4.78 is 77.3. The quantitative estimate of drug-likeness (QED) is 0.186. The Morgan fingerprint density at radius 3 is 2.34 bits per heavy atom. The highest BCUT2D eigenvalue weighted by molar-refractivity contribution is 7.91. The fraction of sp³-hybridized carbons (Fsp3) is 0.417. The maximum absolute atomic E-state index is 14.1. The number of fused-ring (bicyclic) bond motifs is 1. The molecule has 53 heavy (non-hydrogen) atoms. The monoisotopic (exact) mass is 756 g/mol. The van der Waals surface area contributed by atoms with E-state index in [0.29, 0.717) is 55.9 Å². The van der Waals surface area contributed by atoms with Crippen LogP contribution in [0.4, 0.5) is 30.8 Å². The van der Waals surface area contributed by atoms with Crippen molar-refractivity contribution in [1.82, 2.24) is 14.7 Å². The topological polar surface area (TPSA) is 154 Å². The molecule has 2 aliphatic heterocycles. The number of hydrogen-bond donors (Lipinski definition) is 2. The van der Waals surface area contributed by atoms with Crippen molar-refractivity contribution in [3.05, 3.63) is 71.8 Å². The SMILES string of the molecule is COCCOCCOC(=O)n1nc(NC(=O)c2ccc(N3CCN(C)CC3)cc2NC2CCOCC2)c2cc(S(=O)(=O)c3cc(F)cc(F)c3)ccc21. The van der Waals surface area contributed by atoms with Gasteiger partial charge in [0.25, 0.3) is 5.91 Å². The van der Waals surface area contributed by atoms with E-state index in [1.54, 1.807) is 6.07 Å². The molecule has 1 aromatic heterocycles. The van der Waals surface area contributed by atoms with E-state index in [-0.39, 0.29) is 40.9 Å². The van der Waals surface area contributed by atoms with Crippen molar-refractivity contribution in [3.8, 4) is 0 Å². The number of rotatable bonds is 13. The number of halogens is 2. The van der Waals surface area contributed by atoms with Gasteiger partial charge in [0.15, 0.2) is 5.82 Å². The van der Waals surface area contributed by atoms with Gasteiger partial charge in [-0.25, -0.2) is 22.0 Å². The van der Waals surface area contributed by atoms with Gasteiger partial charge in [0.05, 0.1) is 40.7 Å². The molecule has 4 aromatic rings. The first-order valence-electron chi connectivity index (χ1n) is 17.2. The van der Waals surface area contributed by atoms with Crippen LogP contribution < -0.4 is 15.5 Å². The molecule has 0 bridgehead atoms. The van der Waals surface area contributed by atoms with Gasteiger partial charge in [-0.3, -0.25) is 4.79 Å². The zero-order valence-corrected chi connectivity index (χ0v) is 30.3. The van der Waals surface area contributed by atoms with Crippen LogP contribution in [0.15, 0.2) is 64.4 Å². The lowest BCUT2D eigenvalue weighted by Gasteiger charge is -2.34. The number of nitrogens with one attached hydrogen (secondary N) is 2. The second-order valence-corrected chi connectivity index (χ2v) is 14.7. The highest BCUT2D eigenvalue weighted by atomic mass is 32.2. The fourth-order valence-corrected chi connectivity index (χ4v) is 7.48. The summed E-state index contributed by atoms with van der Waals surface area (Å²) in [5, 5.41) is 10.7. The molecule has 0 aliphatic carbocycles. The maximum atomic E-state index is 14.1. The molecule has 0 atom stereocenters. The molecule has 0 saturated carbocycles. The lowest BCUT2D eigenvalue weighted by atomic mass is 10.1. The van der Waals surface area contributed by atoms with Crippen molar-refractivity contribution in [3.63, 3.8) is 0 Å². The Kier molecular flexibility index (Phi) is 12.2. The molecular formula is C36H42F2N6O8S. The zero-order valence-electron chi connectivity index (χ0n) is 29.5. The number of methoxy groups -OCH3 is 1. The Bertz CT molecular complexity index is 2030. The minimum Gasteiger partial charge on any atom is -0.445 e. The molecule has 2 fully saturated rings. The Morgan fingerprint density at radius 2 is 1.62 bits per heavy atom. The van der Waals surface area contributed by atoms with E-state index in [1.165, 1.54) is 25.3 Å². The molecule has 14 nitrogen and oxygen atoms in total. The summed E-state index contributed by atoms with van der Waals surface area (Å²) in [6, 6.07) is 11.3. The van der Waals surface area contributed by atoms with E-state index in [1.807, 2.05) is 12.1 Å². The second-order valence-electron chi connectivity index (χ2n) is 12.8. The van der Waals surface area contributed by atoms with Crippen LogP contribution in [0.5, 0.6) is 0 Å². The minimum atomic E-state index is -4.45. The van der Waals surface area contributed by atoms with Gasteiger partial charge in [0.1, 0.15) is 18.2 Å². The molecule has 17 heteroatoms. The summed E-state index contributed by atoms with van der Waals surface area (Å²) >= 11 is 0. The molecule has 0 radical (unpaired) electrons. The number of likely N-dealkylation sites (N-methyl/N-ethyl adjacent to an activating group) is 1. The standard InChI is InChI=1S/C36H42F2N6O8S/c1-42-9-11-43(12-10-42)27-3-5-30(32(22-27)39-26-7-13-50-14-8-26)35(45)40-34-31-23-28(53(47,48)29-20-24(37)19-25(38)21-29)4-6-33(31)44(41-34)36(46)52-18-17-51-16-15-49-2/h3-6,19-23,26,39H,7-18H2,1-2H3,(H,40,41,45). The molecule has 6 rings (SSSR count). The van der Waals surface area contributed by atoms with Crippen LogP contribution in [-0.4, -0.2) is 121 Å². The largest absolute Gasteiger partial charge is 0.445 e. The van der Waals surface area contributed by atoms with Gasteiger partial charge in [-0.15, -0.1) is 5.10 Å². The summed E-state index contributed by atoms with van der Waals surface area (Å²) in [6.45, 7) is 5.24. The summed E-state index contributed by atoms with van der Waals surface area (Å²) in [4.78, 5) is 30.9. The summed E-state index contributed by atoms with van der Waals surface area (Å²) in [6.07, 6.45) is 0.592. The summed E-state index contributed by atoms with van der Waals surface area (Å²) in [5.74, 6) is -2.84. The molecular weight excluding hydrogens is 714 g/mol. The van der Waals surface area contributed by atoms with Gasteiger partial charge in [0, 0.05) is 75.4 Å². The molecule has 0 spiro atoms. The zero-order chi connectivity index (χ0) is 37.5. The number of hydrogen-bond acceptors (Lipinski definition) is 12. The molecule has 284 valence electrons. The van der Waals surface area contributed by atoms with E-state index in [0.717, 1.165) is 49.4 Å². The van der Waals surface area contributed by atoms with Crippen molar-refractivity contribution in [2.75, 3.05) is 95.5 Å². The van der Waals surface area contributed by atoms with Crippen LogP contribution >= 0.6 is 0 Å². The van der Waals surface area contributed by atoms with Gasteiger partial charge in [-0.05, 0) is 68.4 Å². The number of ether oxygens (including phenoxy) is 4. The van der Waals surface area contributed by atoms with Crippen molar-refractivity contribution >= 4 is 49.9 Å². The Morgan fingerprint density at radius 1 is 0.906 bits per heavy atom. The van der Waals surface area contributed by atoms with E-state index in [4.69, 9.17) is 18.9 Å². The van der Waals surface area contributed by atoms with Crippen molar-refractivity contribution in [2.45, 2.75) is 28.7 Å². The second kappa shape index (κ2) is 17.0. The van der Waals surface area contributed by atoms with Crippen LogP contribution in [0, 0.1) is 11.6 Å². The molecule has 1 amide bonds. The third kappa shape index (κ3) is 9.10. The first-order valence-corrected chi connectivity index (χ1v) is 18.7. The molecule has 3 heterocycles. The average Bonchev–Trinajstić information content (AvgIpc) is 3.50. The third-order valence-corrected chi connectivity index (χ3v) is 10.8. The molecule has 2 aliphatic rings. The minimum absolute atomic E-state index is 0.0618. The molecule has 0 unspecified atom stereocenters. The summed E-state index contributed by atoms with van der Waals surface area (Å²) in [7, 11) is -0.846. The van der Waals surface area contributed by atoms with Gasteiger partial charge >= 0.3 is 6.09 Å². The molecule has 2 saturated heterocycles. The number of carbonyl (C=O) groups excluding carboxylic acids is 2. The number of piperazine rings is 1. The number of benzene rings is 3. The predicted octanol–water partition coefficient (Wildman–Crippen LogP) is 4.39. The fourth-order valence-electron chi connectivity index (χ4n) is 6.16. The Labute approximate surface area is 305 Å². The first kappa shape index (κ1) is 38.1. The van der Waals surface area contributed by atoms with Crippen LogP contribution in [0.1, 0.15) is 23.2 Å². The molecule has 3 aromatic carbocycles. The average molecular weight is 757 g/mol. The first-order chi connectivity index (χ1) is 25.5. The number of aromatic nitrogens is 2. The number of carbonyl (C=O) groups is 2. The summed E-state index contributed by atoms with van der Waals surface area (Å²) in [5.41, 5.74) is 1.96. The molecule has 2 N–H and O–H groups in total. The lowest BCUT2D eigenvalue weighted by Crippen LogP contribution is -2.44. The number of nitrogens with zero attached hydrogens (tertiary/aromatic N) is 4. The van der Waals surface area contributed by atoms with Crippen molar-refractivity contribution in [2.24, 2.45) is 0 Å². The van der Waals surface area contributed by atoms with E-state index in [2.05, 4.69) is 32.6 Å². The van der Waals surface area contributed by atoms with Crippen LogP contribution in [0.25, 0.3) is 10.9 Å². The highest BCUT2D eigenvalue weighted by Crippen LogP contribution is 2.32. The third-order valence-electron chi connectivity index (χ3n) is 9.09. The number of sulfone groups is 1. The van der Waals surface area contributed by atoms with Crippen LogP contribution in [-0.2, 0) is 28.8 Å². The van der Waals surface area contributed by atoms with Gasteiger partial charge in [-0.1, -0.05) is 0 Å². The lowest BCUT2D eigenvalue weighted by molar-refractivity contribution is 0.0420. The Hall–Kier alpha value is -4.68. The number of amides is 1. The van der Waals surface area contributed by atoms with E-state index < -0.39 is 38.4 Å². The Balaban J connectivity index is 1.35. The van der Waals surface area contributed by atoms with E-state index in [9.17, 15) is 26.8 Å². The van der Waals surface area contributed by atoms with Gasteiger partial charge < -0.3 is 39.4 Å². The van der Waals surface area contributed by atoms with Crippen molar-refractivity contribution in [1.29, 1.82) is 0 Å². The normalized spacial score (nSPS) is 15.8. The van der Waals surface area contributed by atoms with Crippen molar-refractivity contribution < 1.29 is 45.7 Å². The smallest absolute Gasteiger partial charge is 0.435 e. The van der Waals surface area contributed by atoms with E-state index >= 15 is 0 Å². The van der Waals surface area contributed by atoms with Gasteiger partial charge in [-0.2, -0.15) is 4.68 Å². The number of anilines is 3.